The van der Waals surface area contributed by atoms with Gasteiger partial charge in [0, 0.05) is 30.1 Å². The van der Waals surface area contributed by atoms with Crippen LogP contribution >= 0.6 is 0 Å². The molecule has 0 radical (unpaired) electrons. The van der Waals surface area contributed by atoms with Crippen molar-refractivity contribution in [2.24, 2.45) is 5.92 Å². The second-order valence-electron chi connectivity index (χ2n) is 5.66. The van der Waals surface area contributed by atoms with Gasteiger partial charge >= 0.3 is 0 Å². The number of carbonyl (C=O) groups excluding carboxylic acids is 2. The van der Waals surface area contributed by atoms with E-state index in [1.165, 1.54) is 6.92 Å². The van der Waals surface area contributed by atoms with Gasteiger partial charge in [-0.1, -0.05) is 6.07 Å². The molecule has 1 fully saturated rings. The molecule has 3 rings (SSSR count). The van der Waals surface area contributed by atoms with E-state index in [1.807, 2.05) is 31.2 Å². The van der Waals surface area contributed by atoms with Gasteiger partial charge < -0.3 is 15.1 Å². The van der Waals surface area contributed by atoms with Crippen LogP contribution in [0.15, 0.2) is 41.0 Å². The molecule has 5 heteroatoms. The van der Waals surface area contributed by atoms with Gasteiger partial charge in [0.25, 0.3) is 0 Å². The van der Waals surface area contributed by atoms with Crippen LogP contribution in [-0.4, -0.2) is 11.8 Å². The number of rotatable bonds is 4. The van der Waals surface area contributed by atoms with Gasteiger partial charge in [-0.2, -0.15) is 0 Å². The van der Waals surface area contributed by atoms with Gasteiger partial charge in [-0.3, -0.25) is 9.59 Å². The maximum absolute atomic E-state index is 12.3. The number of carbonyl (C=O) groups is 2. The van der Waals surface area contributed by atoms with E-state index in [4.69, 9.17) is 4.42 Å². The summed E-state index contributed by atoms with van der Waals surface area (Å²) in [7, 11) is 0. The zero-order valence-electron chi connectivity index (χ0n) is 12.6. The van der Waals surface area contributed by atoms with Crippen LogP contribution in [0, 0.1) is 12.8 Å². The number of amides is 2. The van der Waals surface area contributed by atoms with Crippen molar-refractivity contribution in [3.63, 3.8) is 0 Å². The molecule has 1 saturated carbocycles. The molecule has 2 N–H and O–H groups in total. The molecule has 1 aromatic heterocycles. The predicted molar refractivity (Wildman–Crippen MR) is 83.7 cm³/mol. The molecule has 2 amide bonds. The summed E-state index contributed by atoms with van der Waals surface area (Å²) in [4.78, 5) is 23.4. The molecule has 2 unspecified atom stereocenters. The number of hydrogen-bond acceptors (Lipinski definition) is 3. The third-order valence-electron chi connectivity index (χ3n) is 3.85. The lowest BCUT2D eigenvalue weighted by molar-refractivity contribution is -0.117. The molecule has 1 aliphatic carbocycles. The number of benzene rings is 1. The summed E-state index contributed by atoms with van der Waals surface area (Å²) >= 11 is 0. The molecule has 2 atom stereocenters. The molecule has 0 spiro atoms. The highest BCUT2D eigenvalue weighted by Crippen LogP contribution is 2.48. The van der Waals surface area contributed by atoms with Crippen LogP contribution in [-0.2, 0) is 9.59 Å². The van der Waals surface area contributed by atoms with Crippen molar-refractivity contribution in [2.75, 3.05) is 10.6 Å². The van der Waals surface area contributed by atoms with Gasteiger partial charge in [0.1, 0.15) is 5.76 Å². The minimum Gasteiger partial charge on any atom is -0.469 e. The minimum atomic E-state index is -0.133. The summed E-state index contributed by atoms with van der Waals surface area (Å²) in [6.07, 6.45) is 2.44. The number of hydrogen-bond donors (Lipinski definition) is 2. The van der Waals surface area contributed by atoms with E-state index in [2.05, 4.69) is 10.6 Å². The highest BCUT2D eigenvalue weighted by molar-refractivity contribution is 5.96. The fourth-order valence-corrected chi connectivity index (χ4v) is 2.56. The largest absolute Gasteiger partial charge is 0.469 e. The number of anilines is 2. The molecule has 114 valence electrons. The Morgan fingerprint density at radius 1 is 1.23 bits per heavy atom. The van der Waals surface area contributed by atoms with Crippen LogP contribution in [0.3, 0.4) is 0 Å². The molecule has 5 nitrogen and oxygen atoms in total. The van der Waals surface area contributed by atoms with Crippen molar-refractivity contribution in [1.82, 2.24) is 0 Å². The van der Waals surface area contributed by atoms with Gasteiger partial charge in [-0.05, 0) is 43.2 Å². The Bertz CT molecular complexity index is 707. The quantitative estimate of drug-likeness (QED) is 0.909. The summed E-state index contributed by atoms with van der Waals surface area (Å²) < 4.78 is 5.34. The third-order valence-corrected chi connectivity index (χ3v) is 3.85. The van der Waals surface area contributed by atoms with Crippen LogP contribution in [0.25, 0.3) is 0 Å². The van der Waals surface area contributed by atoms with E-state index in [0.29, 0.717) is 11.4 Å². The van der Waals surface area contributed by atoms with E-state index in [9.17, 15) is 9.59 Å². The lowest BCUT2D eigenvalue weighted by Gasteiger charge is -2.10. The Morgan fingerprint density at radius 2 is 2.05 bits per heavy atom. The first kappa shape index (κ1) is 14.4. The van der Waals surface area contributed by atoms with Crippen LogP contribution in [0.2, 0.25) is 0 Å². The number of aryl methyl sites for hydroxylation is 1. The van der Waals surface area contributed by atoms with Crippen molar-refractivity contribution in [2.45, 2.75) is 26.2 Å². The molecule has 0 aliphatic heterocycles. The van der Waals surface area contributed by atoms with Gasteiger partial charge in [-0.15, -0.1) is 0 Å². The zero-order valence-corrected chi connectivity index (χ0v) is 12.6. The van der Waals surface area contributed by atoms with Gasteiger partial charge in [0.2, 0.25) is 11.8 Å². The van der Waals surface area contributed by atoms with Crippen molar-refractivity contribution >= 4 is 23.2 Å². The lowest BCUT2D eigenvalue weighted by atomic mass is 10.1. The van der Waals surface area contributed by atoms with Crippen molar-refractivity contribution in [3.05, 3.63) is 47.9 Å². The molecule has 22 heavy (non-hydrogen) atoms. The SMILES string of the molecule is CC(=O)Nc1cc(NC(=O)C2CC2c2ccco2)ccc1C. The van der Waals surface area contributed by atoms with E-state index in [-0.39, 0.29) is 23.7 Å². The first-order valence-electron chi connectivity index (χ1n) is 7.27. The number of furan rings is 1. The standard InChI is InChI=1S/C17H18N2O3/c1-10-5-6-12(8-15(10)18-11(2)20)19-17(21)14-9-13(14)16-4-3-7-22-16/h3-8,13-14H,9H2,1-2H3,(H,18,20)(H,19,21). The van der Waals surface area contributed by atoms with E-state index >= 15 is 0 Å². The average Bonchev–Trinajstić information content (AvgIpc) is 3.08. The molecule has 2 aromatic rings. The van der Waals surface area contributed by atoms with Crippen LogP contribution in [0.5, 0.6) is 0 Å². The Balaban J connectivity index is 1.66. The molecule has 1 aliphatic rings. The fraction of sp³-hybridized carbons (Fsp3) is 0.294. The average molecular weight is 298 g/mol. The second kappa shape index (κ2) is 5.67. The predicted octanol–water partition coefficient (Wildman–Crippen LogP) is 3.29. The maximum atomic E-state index is 12.3. The third kappa shape index (κ3) is 3.03. The molecular formula is C17H18N2O3. The molecule has 1 heterocycles. The summed E-state index contributed by atoms with van der Waals surface area (Å²) in [5.41, 5.74) is 2.35. The van der Waals surface area contributed by atoms with Crippen molar-refractivity contribution < 1.29 is 14.0 Å². The fourth-order valence-electron chi connectivity index (χ4n) is 2.56. The first-order valence-corrected chi connectivity index (χ1v) is 7.27. The van der Waals surface area contributed by atoms with Crippen LogP contribution in [0.4, 0.5) is 11.4 Å². The topological polar surface area (TPSA) is 71.3 Å². The van der Waals surface area contributed by atoms with E-state index in [0.717, 1.165) is 17.7 Å². The number of nitrogens with one attached hydrogen (secondary N) is 2. The summed E-state index contributed by atoms with van der Waals surface area (Å²) in [5, 5.41) is 5.66. The van der Waals surface area contributed by atoms with Gasteiger partial charge in [-0.25, -0.2) is 0 Å². The molecular weight excluding hydrogens is 280 g/mol. The Labute approximate surface area is 128 Å². The van der Waals surface area contributed by atoms with E-state index < -0.39 is 0 Å². The first-order chi connectivity index (χ1) is 10.5. The highest BCUT2D eigenvalue weighted by atomic mass is 16.3. The maximum Gasteiger partial charge on any atom is 0.228 e. The Hall–Kier alpha value is -2.56. The van der Waals surface area contributed by atoms with Crippen LogP contribution in [0.1, 0.15) is 30.6 Å². The minimum absolute atomic E-state index is 0.0148. The summed E-state index contributed by atoms with van der Waals surface area (Å²) in [5.74, 6) is 0.848. The van der Waals surface area contributed by atoms with Crippen molar-refractivity contribution in [3.8, 4) is 0 Å². The van der Waals surface area contributed by atoms with Gasteiger partial charge in [0.15, 0.2) is 0 Å². The van der Waals surface area contributed by atoms with Crippen molar-refractivity contribution in [1.29, 1.82) is 0 Å². The summed E-state index contributed by atoms with van der Waals surface area (Å²) in [6, 6.07) is 9.22. The molecule has 0 bridgehead atoms. The lowest BCUT2D eigenvalue weighted by Crippen LogP contribution is -2.15. The monoisotopic (exact) mass is 298 g/mol. The smallest absolute Gasteiger partial charge is 0.228 e. The van der Waals surface area contributed by atoms with Gasteiger partial charge in [0.05, 0.1) is 6.26 Å². The zero-order chi connectivity index (χ0) is 15.7. The summed E-state index contributed by atoms with van der Waals surface area (Å²) in [6.45, 7) is 3.37. The normalized spacial score (nSPS) is 19.5. The highest BCUT2D eigenvalue weighted by Gasteiger charge is 2.45. The van der Waals surface area contributed by atoms with E-state index in [1.54, 1.807) is 12.3 Å². The Morgan fingerprint density at radius 3 is 2.73 bits per heavy atom. The Kier molecular flexibility index (Phi) is 3.71. The molecule has 0 saturated heterocycles. The molecule has 1 aromatic carbocycles. The second-order valence-corrected chi connectivity index (χ2v) is 5.66. The van der Waals surface area contributed by atoms with Crippen LogP contribution < -0.4 is 10.6 Å².